The van der Waals surface area contributed by atoms with Crippen molar-refractivity contribution in [3.8, 4) is 16.9 Å². The molecule has 1 aliphatic carbocycles. The number of hydrogen-bond acceptors (Lipinski definition) is 2. The molecule has 3 rings (SSSR count). The summed E-state index contributed by atoms with van der Waals surface area (Å²) >= 11 is 0. The Bertz CT molecular complexity index is 683. The quantitative estimate of drug-likeness (QED) is 0.734. The minimum atomic E-state index is 0.00865. The van der Waals surface area contributed by atoms with Gasteiger partial charge in [0.1, 0.15) is 12.4 Å². The number of carbonyl (C=O) groups is 1. The molecule has 132 valence electrons. The van der Waals surface area contributed by atoms with Crippen LogP contribution in [-0.2, 0) is 0 Å². The van der Waals surface area contributed by atoms with Crippen molar-refractivity contribution in [2.75, 3.05) is 26.2 Å². The van der Waals surface area contributed by atoms with Crippen LogP contribution >= 0.6 is 0 Å². The van der Waals surface area contributed by atoms with Crippen LogP contribution in [0.2, 0.25) is 0 Å². The lowest BCUT2D eigenvalue weighted by molar-refractivity contribution is 0.195. The second kappa shape index (κ2) is 8.56. The average molecular weight is 338 g/mol. The van der Waals surface area contributed by atoms with Gasteiger partial charge in [-0.3, -0.25) is 0 Å². The van der Waals surface area contributed by atoms with Gasteiger partial charge < -0.3 is 15.0 Å². The van der Waals surface area contributed by atoms with Crippen LogP contribution in [-0.4, -0.2) is 37.2 Å². The zero-order chi connectivity index (χ0) is 17.5. The molecule has 1 N–H and O–H groups in total. The number of ether oxygens (including phenoxy) is 1. The number of urea groups is 1. The first-order valence-electron chi connectivity index (χ1n) is 9.08. The molecule has 0 aliphatic heterocycles. The van der Waals surface area contributed by atoms with Crippen LogP contribution in [0.4, 0.5) is 4.79 Å². The summed E-state index contributed by atoms with van der Waals surface area (Å²) < 4.78 is 5.92. The van der Waals surface area contributed by atoms with E-state index in [-0.39, 0.29) is 6.03 Å². The molecule has 2 amide bonds. The number of nitrogens with zero attached hydrogens (tertiary/aromatic N) is 1. The van der Waals surface area contributed by atoms with E-state index in [2.05, 4.69) is 23.5 Å². The molecule has 0 atom stereocenters. The fourth-order valence-corrected chi connectivity index (χ4v) is 2.85. The maximum atomic E-state index is 12.2. The van der Waals surface area contributed by atoms with E-state index >= 15 is 0 Å². The largest absolute Gasteiger partial charge is 0.491 e. The van der Waals surface area contributed by atoms with Crippen molar-refractivity contribution < 1.29 is 9.53 Å². The number of carbonyl (C=O) groups excluding carboxylic acids is 1. The van der Waals surface area contributed by atoms with Crippen LogP contribution in [0.15, 0.2) is 54.6 Å². The van der Waals surface area contributed by atoms with Crippen LogP contribution in [0.25, 0.3) is 11.1 Å². The first-order valence-corrected chi connectivity index (χ1v) is 9.08. The number of hydrogen-bond donors (Lipinski definition) is 1. The van der Waals surface area contributed by atoms with Gasteiger partial charge in [-0.2, -0.15) is 0 Å². The van der Waals surface area contributed by atoms with Crippen LogP contribution in [0.5, 0.6) is 5.75 Å². The molecular weight excluding hydrogens is 312 g/mol. The molecule has 4 nitrogen and oxygen atoms in total. The van der Waals surface area contributed by atoms with E-state index in [1.54, 1.807) is 0 Å². The predicted octanol–water partition coefficient (Wildman–Crippen LogP) is 4.17. The summed E-state index contributed by atoms with van der Waals surface area (Å²) in [5, 5.41) is 2.96. The Labute approximate surface area is 149 Å². The van der Waals surface area contributed by atoms with E-state index in [1.807, 2.05) is 48.2 Å². The van der Waals surface area contributed by atoms with Crippen molar-refractivity contribution in [2.45, 2.75) is 19.8 Å². The summed E-state index contributed by atoms with van der Waals surface area (Å²) in [5.41, 5.74) is 2.20. The lowest BCUT2D eigenvalue weighted by Gasteiger charge is -2.21. The highest BCUT2D eigenvalue weighted by Crippen LogP contribution is 2.30. The van der Waals surface area contributed by atoms with E-state index in [0.717, 1.165) is 30.0 Å². The second-order valence-corrected chi connectivity index (χ2v) is 6.42. The normalized spacial score (nSPS) is 13.3. The summed E-state index contributed by atoms with van der Waals surface area (Å²) in [6, 6.07) is 18.2. The number of rotatable bonds is 8. The van der Waals surface area contributed by atoms with Crippen molar-refractivity contribution in [2.24, 2.45) is 5.92 Å². The van der Waals surface area contributed by atoms with Crippen LogP contribution in [0.1, 0.15) is 19.8 Å². The van der Waals surface area contributed by atoms with E-state index in [0.29, 0.717) is 19.1 Å². The number of benzene rings is 2. The van der Waals surface area contributed by atoms with Crippen molar-refractivity contribution in [3.05, 3.63) is 54.6 Å². The van der Waals surface area contributed by atoms with Crippen molar-refractivity contribution in [1.82, 2.24) is 10.2 Å². The lowest BCUT2D eigenvalue weighted by atomic mass is 10.1. The van der Waals surface area contributed by atoms with E-state index < -0.39 is 0 Å². The zero-order valence-corrected chi connectivity index (χ0v) is 14.8. The molecule has 0 radical (unpaired) electrons. The standard InChI is InChI=1S/C21H26N2O2/c1-2-23(16-17-12-13-17)21(24)22-14-15-25-20-11-7-6-10-19(20)18-8-4-3-5-9-18/h3-11,17H,2,12-16H2,1H3,(H,22,24). The minimum absolute atomic E-state index is 0.00865. The van der Waals surface area contributed by atoms with Gasteiger partial charge in [0.05, 0.1) is 6.54 Å². The molecule has 0 heterocycles. The molecular formula is C21H26N2O2. The molecule has 4 heteroatoms. The Hall–Kier alpha value is -2.49. The SMILES string of the molecule is CCN(CC1CC1)C(=O)NCCOc1ccccc1-c1ccccc1. The Morgan fingerprint density at radius 1 is 1.12 bits per heavy atom. The Morgan fingerprint density at radius 2 is 1.84 bits per heavy atom. The Balaban J connectivity index is 1.50. The third-order valence-corrected chi connectivity index (χ3v) is 4.45. The molecule has 1 fully saturated rings. The van der Waals surface area contributed by atoms with Crippen molar-refractivity contribution >= 4 is 6.03 Å². The van der Waals surface area contributed by atoms with Crippen LogP contribution in [0, 0.1) is 5.92 Å². The van der Waals surface area contributed by atoms with Crippen LogP contribution in [0.3, 0.4) is 0 Å². The topological polar surface area (TPSA) is 41.6 Å². The molecule has 1 saturated carbocycles. The number of nitrogens with one attached hydrogen (secondary N) is 1. The molecule has 0 bridgehead atoms. The summed E-state index contributed by atoms with van der Waals surface area (Å²) in [5.74, 6) is 1.55. The van der Waals surface area contributed by atoms with E-state index in [4.69, 9.17) is 4.74 Å². The van der Waals surface area contributed by atoms with Gasteiger partial charge in [0.2, 0.25) is 0 Å². The monoisotopic (exact) mass is 338 g/mol. The zero-order valence-electron chi connectivity index (χ0n) is 14.8. The van der Waals surface area contributed by atoms with Gasteiger partial charge in [-0.25, -0.2) is 4.79 Å². The first kappa shape index (κ1) is 17.3. The maximum absolute atomic E-state index is 12.2. The Kier molecular flexibility index (Phi) is 5.94. The third-order valence-electron chi connectivity index (χ3n) is 4.45. The van der Waals surface area contributed by atoms with Gasteiger partial charge >= 0.3 is 6.03 Å². The molecule has 2 aromatic rings. The van der Waals surface area contributed by atoms with Gasteiger partial charge in [0, 0.05) is 18.7 Å². The first-order chi connectivity index (χ1) is 12.3. The minimum Gasteiger partial charge on any atom is -0.491 e. The molecule has 0 unspecified atom stereocenters. The Morgan fingerprint density at radius 3 is 2.56 bits per heavy atom. The summed E-state index contributed by atoms with van der Waals surface area (Å²) in [7, 11) is 0. The highest BCUT2D eigenvalue weighted by molar-refractivity contribution is 5.74. The number of amides is 2. The summed E-state index contributed by atoms with van der Waals surface area (Å²) in [6.07, 6.45) is 2.51. The van der Waals surface area contributed by atoms with Gasteiger partial charge in [0.15, 0.2) is 0 Å². The average Bonchev–Trinajstić information content (AvgIpc) is 3.48. The van der Waals surface area contributed by atoms with Gasteiger partial charge in [0.25, 0.3) is 0 Å². The predicted molar refractivity (Wildman–Crippen MR) is 101 cm³/mol. The summed E-state index contributed by atoms with van der Waals surface area (Å²) in [4.78, 5) is 14.1. The maximum Gasteiger partial charge on any atom is 0.317 e. The van der Waals surface area contributed by atoms with Crippen molar-refractivity contribution in [3.63, 3.8) is 0 Å². The van der Waals surface area contributed by atoms with Crippen LogP contribution < -0.4 is 10.1 Å². The molecule has 1 aliphatic rings. The molecule has 2 aromatic carbocycles. The molecule has 0 saturated heterocycles. The molecule has 25 heavy (non-hydrogen) atoms. The van der Waals surface area contributed by atoms with Crippen molar-refractivity contribution in [1.29, 1.82) is 0 Å². The fourth-order valence-electron chi connectivity index (χ4n) is 2.85. The smallest absolute Gasteiger partial charge is 0.317 e. The second-order valence-electron chi connectivity index (χ2n) is 6.42. The van der Waals surface area contributed by atoms with E-state index in [9.17, 15) is 4.79 Å². The number of para-hydroxylation sites is 1. The van der Waals surface area contributed by atoms with Gasteiger partial charge in [-0.15, -0.1) is 0 Å². The molecule has 0 spiro atoms. The highest BCUT2D eigenvalue weighted by atomic mass is 16.5. The van der Waals surface area contributed by atoms with Gasteiger partial charge in [-0.1, -0.05) is 48.5 Å². The van der Waals surface area contributed by atoms with E-state index in [1.165, 1.54) is 12.8 Å². The van der Waals surface area contributed by atoms with Gasteiger partial charge in [-0.05, 0) is 37.3 Å². The fraction of sp³-hybridized carbons (Fsp3) is 0.381. The lowest BCUT2D eigenvalue weighted by Crippen LogP contribution is -2.42. The molecule has 0 aromatic heterocycles. The highest BCUT2D eigenvalue weighted by Gasteiger charge is 2.25. The third kappa shape index (κ3) is 4.99. The summed E-state index contributed by atoms with van der Waals surface area (Å²) in [6.45, 7) is 4.61.